The molecule has 1 aromatic rings. The van der Waals surface area contributed by atoms with Crippen LogP contribution in [-0.4, -0.2) is 43.7 Å². The summed E-state index contributed by atoms with van der Waals surface area (Å²) in [5.41, 5.74) is -1.48. The molecule has 0 saturated carbocycles. The molecule has 0 fully saturated rings. The Morgan fingerprint density at radius 3 is 2.76 bits per heavy atom. The van der Waals surface area contributed by atoms with Crippen molar-refractivity contribution in [1.82, 2.24) is 14.8 Å². The van der Waals surface area contributed by atoms with E-state index in [4.69, 9.17) is 0 Å². The number of hydrogen-bond donors (Lipinski definition) is 1. The van der Waals surface area contributed by atoms with E-state index >= 15 is 0 Å². The molecule has 6 nitrogen and oxygen atoms in total. The molecule has 2 rings (SSSR count). The zero-order valence-electron chi connectivity index (χ0n) is 11.6. The summed E-state index contributed by atoms with van der Waals surface area (Å²) >= 11 is 3.29. The van der Waals surface area contributed by atoms with Gasteiger partial charge in [-0.15, -0.1) is 0 Å². The second kappa shape index (κ2) is 5.80. The van der Waals surface area contributed by atoms with Gasteiger partial charge in [-0.1, -0.05) is 0 Å². The van der Waals surface area contributed by atoms with Crippen molar-refractivity contribution in [2.45, 2.75) is 45.4 Å². The van der Waals surface area contributed by atoms with Crippen LogP contribution in [0.25, 0.3) is 0 Å². The molecule has 0 unspecified atom stereocenters. The molecule has 1 N–H and O–H groups in total. The second-order valence-electron chi connectivity index (χ2n) is 4.97. The van der Waals surface area contributed by atoms with Gasteiger partial charge in [0.2, 0.25) is 11.6 Å². The van der Waals surface area contributed by atoms with E-state index in [1.807, 2.05) is 0 Å². The van der Waals surface area contributed by atoms with Crippen molar-refractivity contribution in [3.05, 3.63) is 16.4 Å². The summed E-state index contributed by atoms with van der Waals surface area (Å²) in [5.74, 6) is -0.668. The number of aryl methyl sites for hydroxylation is 2. The molecule has 0 aliphatic carbocycles. The van der Waals surface area contributed by atoms with Crippen LogP contribution < -0.4 is 0 Å². The molecule has 0 aromatic carbocycles. The Morgan fingerprint density at radius 1 is 1.57 bits per heavy atom. The van der Waals surface area contributed by atoms with Crippen LogP contribution in [0, 0.1) is 6.92 Å². The third-order valence-electron chi connectivity index (χ3n) is 3.18. The first-order valence-corrected chi connectivity index (χ1v) is 7.10. The van der Waals surface area contributed by atoms with Gasteiger partial charge in [0.05, 0.1) is 10.2 Å². The average molecular weight is 365 g/mol. The van der Waals surface area contributed by atoms with Crippen LogP contribution in [0.2, 0.25) is 0 Å². The van der Waals surface area contributed by atoms with Gasteiger partial charge < -0.3 is 5.11 Å². The maximum Gasteiger partial charge on any atom is 0.287 e. The lowest BCUT2D eigenvalue weighted by Gasteiger charge is -2.30. The third-order valence-corrected chi connectivity index (χ3v) is 3.96. The highest BCUT2D eigenvalue weighted by Gasteiger charge is 2.50. The highest BCUT2D eigenvalue weighted by atomic mass is 79.9. The molecular weight excluding hydrogens is 350 g/mol. The fourth-order valence-electron chi connectivity index (χ4n) is 2.11. The minimum atomic E-state index is -3.08. The molecular formula is C12H15BrF2N4O2. The van der Waals surface area contributed by atoms with Gasteiger partial charge in [0.25, 0.3) is 6.43 Å². The van der Waals surface area contributed by atoms with Crippen LogP contribution >= 0.6 is 15.9 Å². The van der Waals surface area contributed by atoms with Crippen molar-refractivity contribution in [2.24, 2.45) is 5.10 Å². The van der Waals surface area contributed by atoms with Crippen LogP contribution in [0.1, 0.15) is 25.5 Å². The van der Waals surface area contributed by atoms with Crippen molar-refractivity contribution in [1.29, 1.82) is 0 Å². The molecule has 1 aromatic heterocycles. The number of alkyl halides is 2. The van der Waals surface area contributed by atoms with E-state index in [1.165, 1.54) is 11.6 Å². The predicted molar refractivity (Wildman–Crippen MR) is 74.8 cm³/mol. The van der Waals surface area contributed by atoms with E-state index in [0.717, 1.165) is 10.2 Å². The minimum absolute atomic E-state index is 0.0840. The number of nitrogens with zero attached hydrogens (tertiary/aromatic N) is 4. The van der Waals surface area contributed by atoms with E-state index in [-0.39, 0.29) is 19.4 Å². The number of hydrazone groups is 1. The highest BCUT2D eigenvalue weighted by Crippen LogP contribution is 2.31. The first-order valence-electron chi connectivity index (χ1n) is 6.31. The molecule has 2 heterocycles. The van der Waals surface area contributed by atoms with Crippen molar-refractivity contribution in [3.63, 3.8) is 0 Å². The highest BCUT2D eigenvalue weighted by molar-refractivity contribution is 9.10. The molecule has 9 heteroatoms. The third kappa shape index (κ3) is 3.13. The van der Waals surface area contributed by atoms with Crippen molar-refractivity contribution in [2.75, 3.05) is 0 Å². The number of carbonyl (C=O) groups excluding carboxylic acids is 1. The standard InChI is InChI=1S/C12H15BrF2N4O2/c1-7-5-12(21,11(14)15)19(16-7)10(20)3-4-18-6-9(13)8(2)17-18/h6,11,21H,3-5H2,1-2H3/t12-/m1/s1. The maximum absolute atomic E-state index is 13.0. The summed E-state index contributed by atoms with van der Waals surface area (Å²) in [6.07, 6.45) is -1.81. The van der Waals surface area contributed by atoms with E-state index in [1.54, 1.807) is 13.1 Å². The van der Waals surface area contributed by atoms with Crippen LogP contribution in [0.15, 0.2) is 15.8 Å². The number of amides is 1. The van der Waals surface area contributed by atoms with E-state index in [2.05, 4.69) is 26.1 Å². The van der Waals surface area contributed by atoms with Crippen LogP contribution in [-0.2, 0) is 11.3 Å². The Morgan fingerprint density at radius 2 is 2.24 bits per heavy atom. The first kappa shape index (κ1) is 16.0. The lowest BCUT2D eigenvalue weighted by Crippen LogP contribution is -2.51. The Bertz CT molecular complexity index is 570. The van der Waals surface area contributed by atoms with Gasteiger partial charge in [-0.3, -0.25) is 9.48 Å². The van der Waals surface area contributed by atoms with Gasteiger partial charge in [0.1, 0.15) is 0 Å². The number of halogens is 3. The number of rotatable bonds is 4. The smallest absolute Gasteiger partial charge is 0.287 e. The topological polar surface area (TPSA) is 70.7 Å². The minimum Gasteiger partial charge on any atom is -0.364 e. The average Bonchev–Trinajstić information content (AvgIpc) is 2.88. The van der Waals surface area contributed by atoms with Crippen molar-refractivity contribution in [3.8, 4) is 0 Å². The van der Waals surface area contributed by atoms with Crippen LogP contribution in [0.4, 0.5) is 8.78 Å². The largest absolute Gasteiger partial charge is 0.364 e. The number of hydrogen-bond acceptors (Lipinski definition) is 4. The molecule has 116 valence electrons. The molecule has 0 saturated heterocycles. The quantitative estimate of drug-likeness (QED) is 0.886. The Kier molecular flexibility index (Phi) is 4.43. The summed E-state index contributed by atoms with van der Waals surface area (Å²) in [6.45, 7) is 3.51. The predicted octanol–water partition coefficient (Wildman–Crippen LogP) is 1.91. The Labute approximate surface area is 128 Å². The lowest BCUT2D eigenvalue weighted by atomic mass is 10.1. The Hall–Kier alpha value is -1.35. The summed E-state index contributed by atoms with van der Waals surface area (Å²) in [4.78, 5) is 12.0. The first-order chi connectivity index (χ1) is 9.74. The monoisotopic (exact) mass is 364 g/mol. The summed E-state index contributed by atoms with van der Waals surface area (Å²) < 4.78 is 28.3. The number of aliphatic hydroxyl groups is 1. The van der Waals surface area contributed by atoms with Crippen molar-refractivity contribution >= 4 is 27.5 Å². The van der Waals surface area contributed by atoms with Crippen LogP contribution in [0.3, 0.4) is 0 Å². The molecule has 0 spiro atoms. The fraction of sp³-hybridized carbons (Fsp3) is 0.583. The SMILES string of the molecule is CC1=NN(C(=O)CCn2cc(Br)c(C)n2)[C@](O)(C(F)F)C1. The molecule has 0 radical (unpaired) electrons. The normalized spacial score (nSPS) is 22.0. The second-order valence-corrected chi connectivity index (χ2v) is 5.83. The fourth-order valence-corrected chi connectivity index (χ4v) is 2.43. The molecule has 1 atom stereocenters. The zero-order chi connectivity index (χ0) is 15.8. The summed E-state index contributed by atoms with van der Waals surface area (Å²) in [6, 6.07) is 0. The lowest BCUT2D eigenvalue weighted by molar-refractivity contribution is -0.192. The maximum atomic E-state index is 13.0. The van der Waals surface area contributed by atoms with Gasteiger partial charge in [0.15, 0.2) is 0 Å². The van der Waals surface area contributed by atoms with E-state index in [9.17, 15) is 18.7 Å². The molecule has 1 aliphatic heterocycles. The molecule has 1 aliphatic rings. The zero-order valence-corrected chi connectivity index (χ0v) is 13.1. The van der Waals surface area contributed by atoms with Gasteiger partial charge in [0, 0.05) is 31.3 Å². The van der Waals surface area contributed by atoms with E-state index < -0.39 is 18.1 Å². The van der Waals surface area contributed by atoms with Gasteiger partial charge in [-0.2, -0.15) is 15.2 Å². The van der Waals surface area contributed by atoms with Crippen LogP contribution in [0.5, 0.6) is 0 Å². The van der Waals surface area contributed by atoms with Gasteiger partial charge >= 0.3 is 0 Å². The number of carbonyl (C=O) groups is 1. The summed E-state index contributed by atoms with van der Waals surface area (Å²) in [5, 5.41) is 18.3. The van der Waals surface area contributed by atoms with Gasteiger partial charge in [-0.05, 0) is 29.8 Å². The van der Waals surface area contributed by atoms with E-state index in [0.29, 0.717) is 10.7 Å². The molecule has 0 bridgehead atoms. The molecule has 21 heavy (non-hydrogen) atoms. The summed E-state index contributed by atoms with van der Waals surface area (Å²) in [7, 11) is 0. The molecule has 1 amide bonds. The van der Waals surface area contributed by atoms with Gasteiger partial charge in [-0.25, -0.2) is 8.78 Å². The number of aromatic nitrogens is 2. The Balaban J connectivity index is 2.05. The van der Waals surface area contributed by atoms with Crippen molar-refractivity contribution < 1.29 is 18.7 Å².